The minimum Gasteiger partial charge on any atom is -0.462 e. The van der Waals surface area contributed by atoms with Crippen molar-refractivity contribution in [1.82, 2.24) is 10.3 Å². The molecule has 2 aromatic heterocycles. The van der Waals surface area contributed by atoms with Crippen LogP contribution in [0.1, 0.15) is 59.7 Å². The van der Waals surface area contributed by atoms with Crippen molar-refractivity contribution in [3.05, 3.63) is 46.1 Å². The number of rotatable bonds is 7. The molecular weight excluding hydrogens is 374 g/mol. The third-order valence-corrected chi connectivity index (χ3v) is 6.11. The molecule has 2 heterocycles. The Bertz CT molecular complexity index is 835. The molecule has 0 aromatic carbocycles. The number of esters is 1. The maximum absolute atomic E-state index is 12.5. The Labute approximate surface area is 169 Å². The molecule has 0 saturated heterocycles. The van der Waals surface area contributed by atoms with Gasteiger partial charge in [-0.3, -0.25) is 9.78 Å². The average molecular weight is 402 g/mol. The highest BCUT2D eigenvalue weighted by Gasteiger charge is 2.29. The zero-order valence-corrected chi connectivity index (χ0v) is 17.4. The van der Waals surface area contributed by atoms with Gasteiger partial charge >= 0.3 is 5.97 Å². The Balaban J connectivity index is 1.70. The van der Waals surface area contributed by atoms with Gasteiger partial charge in [-0.15, -0.1) is 11.3 Å². The molecule has 2 N–H and O–H groups in total. The van der Waals surface area contributed by atoms with Crippen molar-refractivity contribution in [2.24, 2.45) is 5.92 Å². The first-order valence-corrected chi connectivity index (χ1v) is 10.6. The van der Waals surface area contributed by atoms with Crippen LogP contribution < -0.4 is 10.6 Å². The summed E-state index contributed by atoms with van der Waals surface area (Å²) >= 11 is 1.51. The summed E-state index contributed by atoms with van der Waals surface area (Å²) in [6.07, 6.45) is 4.58. The van der Waals surface area contributed by atoms with E-state index in [0.717, 1.165) is 30.5 Å². The molecule has 0 spiro atoms. The minimum absolute atomic E-state index is 0.0473. The van der Waals surface area contributed by atoms with Gasteiger partial charge < -0.3 is 15.4 Å². The number of pyridine rings is 1. The molecule has 6 nitrogen and oxygen atoms in total. The summed E-state index contributed by atoms with van der Waals surface area (Å²) in [4.78, 5) is 30.5. The molecule has 2 atom stereocenters. The molecule has 1 amide bonds. The van der Waals surface area contributed by atoms with Crippen LogP contribution in [-0.2, 0) is 22.4 Å². The van der Waals surface area contributed by atoms with E-state index < -0.39 is 0 Å². The van der Waals surface area contributed by atoms with Crippen molar-refractivity contribution >= 4 is 28.2 Å². The molecule has 0 radical (unpaired) electrons. The second-order valence-corrected chi connectivity index (χ2v) is 8.29. The molecule has 1 aliphatic rings. The fourth-order valence-corrected chi connectivity index (χ4v) is 4.83. The molecule has 0 fully saturated rings. The number of carbonyl (C=O) groups excluding carboxylic acids is 2. The standard InChI is InChI=1S/C21H27N3O3S/c1-4-27-21(26)19-15-9-8-13(2)11-17(15)28-20(19)24-18(25)12-23-14(3)16-7-5-6-10-22-16/h5-7,10,13-14,23H,4,8-9,11-12H2,1-3H3,(H,24,25). The Hall–Kier alpha value is -2.25. The number of fused-ring (bicyclic) bond motifs is 1. The highest BCUT2D eigenvalue weighted by molar-refractivity contribution is 7.17. The van der Waals surface area contributed by atoms with E-state index in [1.807, 2.05) is 25.1 Å². The van der Waals surface area contributed by atoms with Crippen LogP contribution in [0.4, 0.5) is 5.00 Å². The normalized spacial score (nSPS) is 16.9. The van der Waals surface area contributed by atoms with Crippen LogP contribution >= 0.6 is 11.3 Å². The van der Waals surface area contributed by atoms with Gasteiger partial charge in [-0.25, -0.2) is 4.79 Å². The monoisotopic (exact) mass is 401 g/mol. The third-order valence-electron chi connectivity index (χ3n) is 4.94. The van der Waals surface area contributed by atoms with E-state index in [0.29, 0.717) is 23.1 Å². The Morgan fingerprint density at radius 1 is 1.39 bits per heavy atom. The Morgan fingerprint density at radius 2 is 2.21 bits per heavy atom. The van der Waals surface area contributed by atoms with Crippen LogP contribution in [0.15, 0.2) is 24.4 Å². The van der Waals surface area contributed by atoms with Gasteiger partial charge in [0.1, 0.15) is 5.00 Å². The topological polar surface area (TPSA) is 80.3 Å². The maximum Gasteiger partial charge on any atom is 0.341 e. The van der Waals surface area contributed by atoms with Gasteiger partial charge in [0, 0.05) is 17.1 Å². The van der Waals surface area contributed by atoms with Gasteiger partial charge in [-0.05, 0) is 56.7 Å². The predicted octanol–water partition coefficient (Wildman–Crippen LogP) is 3.73. The number of carbonyl (C=O) groups is 2. The first kappa shape index (κ1) is 20.5. The van der Waals surface area contributed by atoms with Gasteiger partial charge in [-0.2, -0.15) is 0 Å². The number of hydrogen-bond donors (Lipinski definition) is 2. The summed E-state index contributed by atoms with van der Waals surface area (Å²) in [6.45, 7) is 6.42. The van der Waals surface area contributed by atoms with Crippen LogP contribution in [0, 0.1) is 5.92 Å². The lowest BCUT2D eigenvalue weighted by Crippen LogP contribution is -2.30. The molecule has 0 aliphatic heterocycles. The lowest BCUT2D eigenvalue weighted by molar-refractivity contribution is -0.115. The summed E-state index contributed by atoms with van der Waals surface area (Å²) in [5, 5.41) is 6.71. The summed E-state index contributed by atoms with van der Waals surface area (Å²) in [5.41, 5.74) is 2.47. The van der Waals surface area contributed by atoms with E-state index in [4.69, 9.17) is 4.74 Å². The van der Waals surface area contributed by atoms with Crippen LogP contribution in [0.3, 0.4) is 0 Å². The molecule has 7 heteroatoms. The van der Waals surface area contributed by atoms with Crippen molar-refractivity contribution in [1.29, 1.82) is 0 Å². The van der Waals surface area contributed by atoms with Gasteiger partial charge in [-0.1, -0.05) is 13.0 Å². The van der Waals surface area contributed by atoms with Gasteiger partial charge in [0.2, 0.25) is 5.91 Å². The lowest BCUT2D eigenvalue weighted by Gasteiger charge is -2.18. The maximum atomic E-state index is 12.5. The second kappa shape index (κ2) is 9.30. The van der Waals surface area contributed by atoms with Crippen LogP contribution in [-0.4, -0.2) is 30.0 Å². The number of hydrogen-bond acceptors (Lipinski definition) is 6. The number of nitrogens with one attached hydrogen (secondary N) is 2. The lowest BCUT2D eigenvalue weighted by atomic mass is 9.88. The van der Waals surface area contributed by atoms with E-state index >= 15 is 0 Å². The van der Waals surface area contributed by atoms with Crippen LogP contribution in [0.2, 0.25) is 0 Å². The SMILES string of the molecule is CCOC(=O)c1c(NC(=O)CNC(C)c2ccccn2)sc2c1CCC(C)C2. The van der Waals surface area contributed by atoms with Crippen molar-refractivity contribution < 1.29 is 14.3 Å². The third kappa shape index (κ3) is 4.77. The Kier molecular flexibility index (Phi) is 6.80. The zero-order valence-electron chi connectivity index (χ0n) is 16.6. The molecule has 2 aromatic rings. The van der Waals surface area contributed by atoms with E-state index in [-0.39, 0.29) is 24.5 Å². The van der Waals surface area contributed by atoms with E-state index in [2.05, 4.69) is 22.5 Å². The molecule has 1 aliphatic carbocycles. The fourth-order valence-electron chi connectivity index (χ4n) is 3.41. The van der Waals surface area contributed by atoms with E-state index in [9.17, 15) is 9.59 Å². The molecule has 0 bridgehead atoms. The molecule has 3 rings (SSSR count). The average Bonchev–Trinajstić information content (AvgIpc) is 3.03. The number of amides is 1. The van der Waals surface area contributed by atoms with Crippen molar-refractivity contribution in [3.63, 3.8) is 0 Å². The number of ether oxygens (including phenoxy) is 1. The molecule has 2 unspecified atom stereocenters. The van der Waals surface area contributed by atoms with Crippen molar-refractivity contribution in [2.75, 3.05) is 18.5 Å². The van der Waals surface area contributed by atoms with Crippen molar-refractivity contribution in [2.45, 2.75) is 46.1 Å². The summed E-state index contributed by atoms with van der Waals surface area (Å²) in [5.74, 6) is 0.0604. The highest BCUT2D eigenvalue weighted by atomic mass is 32.1. The largest absolute Gasteiger partial charge is 0.462 e. The first-order chi connectivity index (χ1) is 13.5. The molecule has 0 saturated carbocycles. The number of nitrogens with zero attached hydrogens (tertiary/aromatic N) is 1. The molecular formula is C21H27N3O3S. The smallest absolute Gasteiger partial charge is 0.341 e. The van der Waals surface area contributed by atoms with Crippen LogP contribution in [0.5, 0.6) is 0 Å². The minimum atomic E-state index is -0.348. The summed E-state index contributed by atoms with van der Waals surface area (Å²) in [6, 6.07) is 5.65. The van der Waals surface area contributed by atoms with Crippen molar-refractivity contribution in [3.8, 4) is 0 Å². The zero-order chi connectivity index (χ0) is 20.1. The van der Waals surface area contributed by atoms with Gasteiger partial charge in [0.05, 0.1) is 24.4 Å². The quantitative estimate of drug-likeness (QED) is 0.691. The summed E-state index contributed by atoms with van der Waals surface area (Å²) < 4.78 is 5.25. The first-order valence-electron chi connectivity index (χ1n) is 9.75. The number of anilines is 1. The second-order valence-electron chi connectivity index (χ2n) is 7.18. The molecule has 150 valence electrons. The fraction of sp³-hybridized carbons (Fsp3) is 0.476. The van der Waals surface area contributed by atoms with E-state index in [1.165, 1.54) is 16.2 Å². The predicted molar refractivity (Wildman–Crippen MR) is 111 cm³/mol. The summed E-state index contributed by atoms with van der Waals surface area (Å²) in [7, 11) is 0. The van der Waals surface area contributed by atoms with E-state index in [1.54, 1.807) is 13.1 Å². The van der Waals surface area contributed by atoms with Gasteiger partial charge in [0.15, 0.2) is 0 Å². The highest BCUT2D eigenvalue weighted by Crippen LogP contribution is 2.40. The Morgan fingerprint density at radius 3 is 2.93 bits per heavy atom. The van der Waals surface area contributed by atoms with Gasteiger partial charge in [0.25, 0.3) is 0 Å². The number of aromatic nitrogens is 1. The molecule has 28 heavy (non-hydrogen) atoms. The number of thiophene rings is 1. The van der Waals surface area contributed by atoms with Crippen LogP contribution in [0.25, 0.3) is 0 Å².